The summed E-state index contributed by atoms with van der Waals surface area (Å²) < 4.78 is 5.02. The molecule has 1 atom stereocenters. The molecule has 2 aromatic rings. The Morgan fingerprint density at radius 3 is 2.53 bits per heavy atom. The van der Waals surface area contributed by atoms with Crippen molar-refractivity contribution in [1.29, 1.82) is 0 Å². The quantitative estimate of drug-likeness (QED) is 0.913. The maximum atomic E-state index is 12.2. The number of carbonyl (C=O) groups excluding carboxylic acids is 1. The fraction of sp³-hybridized carbons (Fsp3) is 0.312. The Morgan fingerprint density at radius 2 is 1.95 bits per heavy atom. The Bertz CT molecular complexity index is 538. The fourth-order valence-corrected chi connectivity index (χ4v) is 2.23. The number of furan rings is 1. The van der Waals surface area contributed by atoms with Gasteiger partial charge in [-0.25, -0.2) is 0 Å². The number of rotatable bonds is 4. The molecule has 0 saturated carbocycles. The van der Waals surface area contributed by atoms with E-state index in [1.807, 2.05) is 39.0 Å². The highest BCUT2D eigenvalue weighted by atomic mass is 16.3. The van der Waals surface area contributed by atoms with Crippen molar-refractivity contribution in [2.24, 2.45) is 0 Å². The van der Waals surface area contributed by atoms with E-state index >= 15 is 0 Å². The van der Waals surface area contributed by atoms with E-state index in [-0.39, 0.29) is 11.9 Å². The minimum absolute atomic E-state index is 0.0252. The van der Waals surface area contributed by atoms with Gasteiger partial charge in [0.05, 0.1) is 12.5 Å². The monoisotopic (exact) mass is 257 g/mol. The summed E-state index contributed by atoms with van der Waals surface area (Å²) in [5.74, 6) is -0.0252. The molecule has 0 aliphatic heterocycles. The Kier molecular flexibility index (Phi) is 4.05. The molecule has 0 radical (unpaired) electrons. The number of hydrogen-bond acceptors (Lipinski definition) is 2. The SMILES string of the molecule is Cc1cc(C)cc(C(=O)NC(C)Cc2ccoc2)c1. The normalized spacial score (nSPS) is 12.2. The topological polar surface area (TPSA) is 42.2 Å². The summed E-state index contributed by atoms with van der Waals surface area (Å²) in [7, 11) is 0. The zero-order valence-corrected chi connectivity index (χ0v) is 11.6. The van der Waals surface area contributed by atoms with Crippen molar-refractivity contribution in [3.63, 3.8) is 0 Å². The summed E-state index contributed by atoms with van der Waals surface area (Å²) in [6.07, 6.45) is 4.13. The van der Waals surface area contributed by atoms with E-state index in [4.69, 9.17) is 4.42 Å². The van der Waals surface area contributed by atoms with Crippen LogP contribution in [0.15, 0.2) is 41.2 Å². The van der Waals surface area contributed by atoms with E-state index in [9.17, 15) is 4.79 Å². The van der Waals surface area contributed by atoms with Crippen LogP contribution in [0, 0.1) is 13.8 Å². The second-order valence-corrected chi connectivity index (χ2v) is 5.09. The molecule has 2 rings (SSSR count). The average molecular weight is 257 g/mol. The summed E-state index contributed by atoms with van der Waals surface area (Å²) in [4.78, 5) is 12.2. The first-order valence-electron chi connectivity index (χ1n) is 6.45. The first kappa shape index (κ1) is 13.4. The van der Waals surface area contributed by atoms with E-state index in [1.165, 1.54) is 0 Å². The van der Waals surface area contributed by atoms with Gasteiger partial charge in [-0.05, 0) is 51.0 Å². The fourth-order valence-electron chi connectivity index (χ4n) is 2.23. The number of nitrogens with one attached hydrogen (secondary N) is 1. The molecule has 0 saturated heterocycles. The van der Waals surface area contributed by atoms with Crippen LogP contribution < -0.4 is 5.32 Å². The van der Waals surface area contributed by atoms with Gasteiger partial charge in [-0.1, -0.05) is 17.2 Å². The second kappa shape index (κ2) is 5.74. The van der Waals surface area contributed by atoms with Crippen LogP contribution in [0.1, 0.15) is 34.0 Å². The Labute approximate surface area is 113 Å². The van der Waals surface area contributed by atoms with Crippen molar-refractivity contribution in [3.8, 4) is 0 Å². The zero-order chi connectivity index (χ0) is 13.8. The van der Waals surface area contributed by atoms with Crippen LogP contribution in [0.2, 0.25) is 0 Å². The third kappa shape index (κ3) is 3.71. The van der Waals surface area contributed by atoms with E-state index in [1.54, 1.807) is 12.5 Å². The second-order valence-electron chi connectivity index (χ2n) is 5.09. The Morgan fingerprint density at radius 1 is 1.26 bits per heavy atom. The standard InChI is InChI=1S/C16H19NO2/c1-11-6-12(2)8-15(7-11)16(18)17-13(3)9-14-4-5-19-10-14/h4-8,10,13H,9H2,1-3H3,(H,17,18). The molecule has 0 spiro atoms. The average Bonchev–Trinajstić information content (AvgIpc) is 2.80. The molecule has 1 unspecified atom stereocenters. The first-order valence-corrected chi connectivity index (χ1v) is 6.45. The van der Waals surface area contributed by atoms with Crippen molar-refractivity contribution < 1.29 is 9.21 Å². The van der Waals surface area contributed by atoms with Gasteiger partial charge in [0.2, 0.25) is 0 Å². The van der Waals surface area contributed by atoms with Crippen LogP contribution in [0.5, 0.6) is 0 Å². The van der Waals surface area contributed by atoms with Crippen LogP contribution in [-0.4, -0.2) is 11.9 Å². The predicted molar refractivity (Wildman–Crippen MR) is 75.3 cm³/mol. The van der Waals surface area contributed by atoms with Gasteiger partial charge in [0.15, 0.2) is 0 Å². The summed E-state index contributed by atoms with van der Waals surface area (Å²) >= 11 is 0. The molecule has 1 heterocycles. The minimum atomic E-state index is -0.0252. The molecule has 3 nitrogen and oxygen atoms in total. The number of benzene rings is 1. The third-order valence-electron chi connectivity index (χ3n) is 2.98. The molecule has 0 aliphatic rings. The van der Waals surface area contributed by atoms with Crippen LogP contribution in [0.4, 0.5) is 0 Å². The van der Waals surface area contributed by atoms with E-state index in [0.29, 0.717) is 0 Å². The smallest absolute Gasteiger partial charge is 0.251 e. The largest absolute Gasteiger partial charge is 0.472 e. The van der Waals surface area contributed by atoms with E-state index < -0.39 is 0 Å². The van der Waals surface area contributed by atoms with Crippen molar-refractivity contribution in [2.75, 3.05) is 0 Å². The highest BCUT2D eigenvalue weighted by molar-refractivity contribution is 5.94. The molecule has 1 aromatic carbocycles. The maximum absolute atomic E-state index is 12.2. The predicted octanol–water partition coefficient (Wildman–Crippen LogP) is 3.26. The summed E-state index contributed by atoms with van der Waals surface area (Å²) in [5, 5.41) is 3.01. The van der Waals surface area contributed by atoms with Gasteiger partial charge in [-0.2, -0.15) is 0 Å². The van der Waals surface area contributed by atoms with Crippen LogP contribution in [0.25, 0.3) is 0 Å². The van der Waals surface area contributed by atoms with Gasteiger partial charge in [-0.3, -0.25) is 4.79 Å². The van der Waals surface area contributed by atoms with Gasteiger partial charge in [-0.15, -0.1) is 0 Å². The molecule has 1 amide bonds. The molecular formula is C16H19NO2. The maximum Gasteiger partial charge on any atom is 0.251 e. The summed E-state index contributed by atoms with van der Waals surface area (Å²) in [6.45, 7) is 5.99. The van der Waals surface area contributed by atoms with Crippen LogP contribution in [-0.2, 0) is 6.42 Å². The molecular weight excluding hydrogens is 238 g/mol. The number of amides is 1. The van der Waals surface area contributed by atoms with Crippen molar-refractivity contribution in [1.82, 2.24) is 5.32 Å². The lowest BCUT2D eigenvalue weighted by molar-refractivity contribution is 0.0940. The van der Waals surface area contributed by atoms with Gasteiger partial charge in [0, 0.05) is 11.6 Å². The van der Waals surface area contributed by atoms with Crippen molar-refractivity contribution in [2.45, 2.75) is 33.2 Å². The Balaban J connectivity index is 2.00. The molecule has 0 bridgehead atoms. The van der Waals surface area contributed by atoms with Crippen molar-refractivity contribution in [3.05, 3.63) is 59.0 Å². The lowest BCUT2D eigenvalue weighted by Crippen LogP contribution is -2.34. The van der Waals surface area contributed by atoms with E-state index in [2.05, 4.69) is 11.4 Å². The molecule has 0 aliphatic carbocycles. The third-order valence-corrected chi connectivity index (χ3v) is 2.98. The summed E-state index contributed by atoms with van der Waals surface area (Å²) in [5.41, 5.74) is 4.02. The Hall–Kier alpha value is -2.03. The number of aryl methyl sites for hydroxylation is 2. The zero-order valence-electron chi connectivity index (χ0n) is 11.6. The van der Waals surface area contributed by atoms with Gasteiger partial charge in [0.1, 0.15) is 0 Å². The van der Waals surface area contributed by atoms with Crippen molar-refractivity contribution >= 4 is 5.91 Å². The lowest BCUT2D eigenvalue weighted by atomic mass is 10.1. The molecule has 19 heavy (non-hydrogen) atoms. The minimum Gasteiger partial charge on any atom is -0.472 e. The number of hydrogen-bond donors (Lipinski definition) is 1. The number of carbonyl (C=O) groups is 1. The highest BCUT2D eigenvalue weighted by Gasteiger charge is 2.11. The van der Waals surface area contributed by atoms with Gasteiger partial charge < -0.3 is 9.73 Å². The van der Waals surface area contributed by atoms with Gasteiger partial charge in [0.25, 0.3) is 5.91 Å². The van der Waals surface area contributed by atoms with Crippen LogP contribution >= 0.6 is 0 Å². The molecule has 1 aromatic heterocycles. The molecule has 3 heteroatoms. The van der Waals surface area contributed by atoms with E-state index in [0.717, 1.165) is 28.7 Å². The first-order chi connectivity index (χ1) is 9.04. The summed E-state index contributed by atoms with van der Waals surface area (Å²) in [6, 6.07) is 7.87. The highest BCUT2D eigenvalue weighted by Crippen LogP contribution is 2.10. The molecule has 0 fully saturated rings. The molecule has 1 N–H and O–H groups in total. The van der Waals surface area contributed by atoms with Gasteiger partial charge >= 0.3 is 0 Å². The molecule has 100 valence electrons. The van der Waals surface area contributed by atoms with Crippen LogP contribution in [0.3, 0.4) is 0 Å². The lowest BCUT2D eigenvalue weighted by Gasteiger charge is -2.13.